The molecule has 0 atom stereocenters. The lowest BCUT2D eigenvalue weighted by Gasteiger charge is -2.20. The number of aliphatic carboxylic acids is 1. The van der Waals surface area contributed by atoms with E-state index < -0.39 is 18.6 Å². The predicted octanol–water partition coefficient (Wildman–Crippen LogP) is 6.24. The number of oxazole rings is 1. The van der Waals surface area contributed by atoms with Crippen LogP contribution in [0.15, 0.2) is 89.5 Å². The summed E-state index contributed by atoms with van der Waals surface area (Å²) in [7, 11) is 0. The van der Waals surface area contributed by atoms with Gasteiger partial charge in [-0.1, -0.05) is 48.0 Å². The average Bonchev–Trinajstić information content (AvgIpc) is 3.51. The van der Waals surface area contributed by atoms with E-state index in [0.29, 0.717) is 24.6 Å². The van der Waals surface area contributed by atoms with Crippen LogP contribution in [0.2, 0.25) is 0 Å². The number of hydrogen-bond acceptors (Lipinski definition) is 5. The number of nitrogens with zero attached hydrogens (tertiary/aromatic N) is 3. The third-order valence-corrected chi connectivity index (χ3v) is 6.53. The van der Waals surface area contributed by atoms with E-state index in [1.54, 1.807) is 12.1 Å². The molecule has 0 saturated heterocycles. The number of carboxylic acid groups (broad SMARTS) is 1. The van der Waals surface area contributed by atoms with E-state index in [4.69, 9.17) is 14.1 Å². The summed E-state index contributed by atoms with van der Waals surface area (Å²) in [6, 6.07) is 24.7. The van der Waals surface area contributed by atoms with E-state index in [0.717, 1.165) is 39.0 Å². The van der Waals surface area contributed by atoms with Crippen molar-refractivity contribution in [2.45, 2.75) is 33.4 Å². The van der Waals surface area contributed by atoms with Gasteiger partial charge >= 0.3 is 12.1 Å². The molecule has 0 spiro atoms. The number of fused-ring (bicyclic) bond motifs is 1. The van der Waals surface area contributed by atoms with Gasteiger partial charge in [-0.05, 0) is 61.2 Å². The lowest BCUT2D eigenvalue weighted by Crippen LogP contribution is -2.37. The first-order chi connectivity index (χ1) is 18.9. The summed E-state index contributed by atoms with van der Waals surface area (Å²) >= 11 is 0. The molecule has 0 aliphatic carbocycles. The Hall–Kier alpha value is -4.85. The minimum absolute atomic E-state index is 0.0982. The summed E-state index contributed by atoms with van der Waals surface area (Å²) in [5.74, 6) is 0.656. The first-order valence-corrected chi connectivity index (χ1v) is 12.7. The maximum atomic E-state index is 12.8. The van der Waals surface area contributed by atoms with Gasteiger partial charge in [-0.2, -0.15) is 0 Å². The van der Waals surface area contributed by atoms with E-state index in [1.165, 1.54) is 4.90 Å². The monoisotopic (exact) mass is 523 g/mol. The Morgan fingerprint density at radius 3 is 2.51 bits per heavy atom. The molecule has 1 amide bonds. The molecule has 5 rings (SSSR count). The number of carbonyl (C=O) groups excluding carboxylic acids is 1. The van der Waals surface area contributed by atoms with Crippen molar-refractivity contribution in [2.75, 3.05) is 6.54 Å². The minimum Gasteiger partial charge on any atom is -0.480 e. The predicted molar refractivity (Wildman–Crippen MR) is 148 cm³/mol. The second kappa shape index (κ2) is 11.3. The molecule has 0 bridgehead atoms. The molecule has 5 aromatic rings. The molecule has 0 fully saturated rings. The van der Waals surface area contributed by atoms with Crippen LogP contribution in [0.4, 0.5) is 4.79 Å². The number of benzene rings is 3. The molecular weight excluding hydrogens is 494 g/mol. The standard InChI is InChI=1S/C31H29N3O5/c1-21-8-12-26(13-9-21)39-31(37)34(20-29(35)36)19-23-10-11-24-14-16-33(28(24)18-23)17-15-27-22(2)38-30(32-27)25-6-4-3-5-7-25/h3-14,16,18H,15,17,19-20H2,1-2H3,(H,35,36). The number of carbonyl (C=O) groups is 2. The van der Waals surface area contributed by atoms with Crippen LogP contribution < -0.4 is 4.74 Å². The van der Waals surface area contributed by atoms with E-state index in [-0.39, 0.29) is 6.54 Å². The van der Waals surface area contributed by atoms with Crippen molar-refractivity contribution in [3.05, 3.63) is 108 Å². The molecule has 198 valence electrons. The van der Waals surface area contributed by atoms with Crippen molar-refractivity contribution in [3.63, 3.8) is 0 Å². The molecule has 3 aromatic carbocycles. The van der Waals surface area contributed by atoms with Gasteiger partial charge in [-0.3, -0.25) is 9.69 Å². The minimum atomic E-state index is -1.11. The molecule has 0 aliphatic heterocycles. The lowest BCUT2D eigenvalue weighted by molar-refractivity contribution is -0.138. The Bertz CT molecular complexity index is 1600. The van der Waals surface area contributed by atoms with Crippen LogP contribution in [0.25, 0.3) is 22.4 Å². The zero-order chi connectivity index (χ0) is 27.4. The van der Waals surface area contributed by atoms with Crippen molar-refractivity contribution in [2.24, 2.45) is 0 Å². The van der Waals surface area contributed by atoms with Crippen molar-refractivity contribution in [1.82, 2.24) is 14.5 Å². The van der Waals surface area contributed by atoms with Crippen LogP contribution in [0, 0.1) is 13.8 Å². The Morgan fingerprint density at radius 2 is 1.77 bits per heavy atom. The summed E-state index contributed by atoms with van der Waals surface area (Å²) in [5.41, 5.74) is 4.66. The molecular formula is C31H29N3O5. The first-order valence-electron chi connectivity index (χ1n) is 12.7. The number of carboxylic acids is 1. The first kappa shape index (κ1) is 25.8. The molecule has 0 aliphatic rings. The van der Waals surface area contributed by atoms with E-state index in [1.807, 2.05) is 86.8 Å². The van der Waals surface area contributed by atoms with E-state index in [9.17, 15) is 14.7 Å². The maximum absolute atomic E-state index is 12.8. The fourth-order valence-electron chi connectivity index (χ4n) is 4.45. The number of hydrogen-bond donors (Lipinski definition) is 1. The lowest BCUT2D eigenvalue weighted by atomic mass is 10.1. The van der Waals surface area contributed by atoms with Crippen LogP contribution in [-0.4, -0.2) is 38.2 Å². The summed E-state index contributed by atoms with van der Waals surface area (Å²) in [6.07, 6.45) is 1.99. The quantitative estimate of drug-likeness (QED) is 0.246. The van der Waals surface area contributed by atoms with Gasteiger partial charge in [0.15, 0.2) is 0 Å². The van der Waals surface area contributed by atoms with Gasteiger partial charge in [0.2, 0.25) is 5.89 Å². The van der Waals surface area contributed by atoms with Crippen molar-refractivity contribution < 1.29 is 23.8 Å². The van der Waals surface area contributed by atoms with Gasteiger partial charge < -0.3 is 18.8 Å². The Labute approximate surface area is 226 Å². The van der Waals surface area contributed by atoms with Crippen LogP contribution in [-0.2, 0) is 24.3 Å². The molecule has 8 heteroatoms. The van der Waals surface area contributed by atoms with Crippen LogP contribution >= 0.6 is 0 Å². The number of rotatable bonds is 9. The van der Waals surface area contributed by atoms with E-state index in [2.05, 4.69) is 4.57 Å². The van der Waals surface area contributed by atoms with Crippen molar-refractivity contribution in [3.8, 4) is 17.2 Å². The SMILES string of the molecule is Cc1ccc(OC(=O)N(CC(=O)O)Cc2ccc3ccn(CCc4nc(-c5ccccc5)oc4C)c3c2)cc1. The number of aromatic nitrogens is 2. The average molecular weight is 524 g/mol. The van der Waals surface area contributed by atoms with E-state index >= 15 is 0 Å². The Kier molecular flexibility index (Phi) is 7.45. The van der Waals surface area contributed by atoms with Crippen LogP contribution in [0.5, 0.6) is 5.75 Å². The molecule has 0 radical (unpaired) electrons. The fourth-order valence-corrected chi connectivity index (χ4v) is 4.45. The largest absolute Gasteiger partial charge is 0.480 e. The molecule has 1 N–H and O–H groups in total. The number of amides is 1. The van der Waals surface area contributed by atoms with Crippen molar-refractivity contribution in [1.29, 1.82) is 0 Å². The second-order valence-electron chi connectivity index (χ2n) is 9.47. The zero-order valence-corrected chi connectivity index (χ0v) is 21.8. The highest BCUT2D eigenvalue weighted by Crippen LogP contribution is 2.24. The third-order valence-electron chi connectivity index (χ3n) is 6.53. The summed E-state index contributed by atoms with van der Waals surface area (Å²) in [5, 5.41) is 10.5. The highest BCUT2D eigenvalue weighted by molar-refractivity contribution is 5.81. The van der Waals surface area contributed by atoms with Crippen LogP contribution in [0.1, 0.15) is 22.6 Å². The third kappa shape index (κ3) is 6.18. The highest BCUT2D eigenvalue weighted by atomic mass is 16.6. The van der Waals surface area contributed by atoms with Gasteiger partial charge in [0.05, 0.1) is 5.69 Å². The van der Waals surface area contributed by atoms with Gasteiger partial charge in [-0.15, -0.1) is 0 Å². The zero-order valence-electron chi connectivity index (χ0n) is 21.8. The molecule has 8 nitrogen and oxygen atoms in total. The highest BCUT2D eigenvalue weighted by Gasteiger charge is 2.20. The molecule has 0 saturated carbocycles. The Balaban J connectivity index is 1.31. The molecule has 2 aromatic heterocycles. The normalized spacial score (nSPS) is 11.0. The van der Waals surface area contributed by atoms with Gasteiger partial charge in [-0.25, -0.2) is 9.78 Å². The fraction of sp³-hybridized carbons (Fsp3) is 0.194. The summed E-state index contributed by atoms with van der Waals surface area (Å²) in [4.78, 5) is 30.2. The molecule has 39 heavy (non-hydrogen) atoms. The molecule has 2 heterocycles. The maximum Gasteiger partial charge on any atom is 0.416 e. The summed E-state index contributed by atoms with van der Waals surface area (Å²) in [6.45, 7) is 4.17. The Morgan fingerprint density at radius 1 is 1.00 bits per heavy atom. The van der Waals surface area contributed by atoms with Gasteiger partial charge in [0.25, 0.3) is 0 Å². The van der Waals surface area contributed by atoms with Crippen molar-refractivity contribution >= 4 is 23.0 Å². The number of ether oxygens (including phenoxy) is 1. The topological polar surface area (TPSA) is 97.8 Å². The smallest absolute Gasteiger partial charge is 0.416 e. The second-order valence-corrected chi connectivity index (χ2v) is 9.47. The summed E-state index contributed by atoms with van der Waals surface area (Å²) < 4.78 is 13.5. The molecule has 0 unspecified atom stereocenters. The van der Waals surface area contributed by atoms with Gasteiger partial charge in [0.1, 0.15) is 18.1 Å². The number of aryl methyl sites for hydroxylation is 4. The van der Waals surface area contributed by atoms with Gasteiger partial charge in [0, 0.05) is 36.8 Å². The van der Waals surface area contributed by atoms with Crippen LogP contribution in [0.3, 0.4) is 0 Å².